The van der Waals surface area contributed by atoms with Crippen LogP contribution in [0.25, 0.3) is 10.9 Å². The lowest BCUT2D eigenvalue weighted by Gasteiger charge is -2.23. The predicted octanol–water partition coefficient (Wildman–Crippen LogP) is 1.35. The molecule has 1 fully saturated rings. The highest BCUT2D eigenvalue weighted by molar-refractivity contribution is 7.92. The van der Waals surface area contributed by atoms with Crippen LogP contribution in [0.15, 0.2) is 23.1 Å². The van der Waals surface area contributed by atoms with E-state index in [1.165, 1.54) is 12.1 Å². The molecule has 1 aliphatic rings. The standard InChI is InChI=1S/C13H13ClN2O4S/c14-13-10(6-17)9-5-8(1-2-11(9)16-13)21(18,19)12-7-20-4-3-15-12/h1-2,5-6,12,15-16H,3-4,7H2. The van der Waals surface area contributed by atoms with E-state index in [4.69, 9.17) is 16.3 Å². The van der Waals surface area contributed by atoms with Gasteiger partial charge in [-0.15, -0.1) is 0 Å². The molecule has 2 aromatic rings. The zero-order valence-corrected chi connectivity index (χ0v) is 12.5. The van der Waals surface area contributed by atoms with Gasteiger partial charge in [0.15, 0.2) is 16.1 Å². The van der Waals surface area contributed by atoms with Crippen molar-refractivity contribution in [3.05, 3.63) is 28.9 Å². The number of rotatable bonds is 3. The first-order valence-corrected chi connectivity index (χ1v) is 8.28. The Morgan fingerprint density at radius 2 is 2.19 bits per heavy atom. The number of carbonyl (C=O) groups excluding carboxylic acids is 1. The molecule has 1 saturated heterocycles. The Hall–Kier alpha value is -1.41. The number of aromatic amines is 1. The number of benzene rings is 1. The first-order chi connectivity index (χ1) is 10.0. The zero-order chi connectivity index (χ0) is 15.0. The van der Waals surface area contributed by atoms with Gasteiger partial charge < -0.3 is 9.72 Å². The highest BCUT2D eigenvalue weighted by Gasteiger charge is 2.29. The summed E-state index contributed by atoms with van der Waals surface area (Å²) in [5.41, 5.74) is 0.880. The number of sulfone groups is 1. The van der Waals surface area contributed by atoms with Crippen molar-refractivity contribution in [2.75, 3.05) is 19.8 Å². The maximum atomic E-state index is 12.6. The number of morpholine rings is 1. The average Bonchev–Trinajstić information content (AvgIpc) is 2.82. The SMILES string of the molecule is O=Cc1c(Cl)[nH]c2ccc(S(=O)(=O)C3COCCN3)cc12. The molecule has 1 aliphatic heterocycles. The monoisotopic (exact) mass is 328 g/mol. The molecule has 21 heavy (non-hydrogen) atoms. The summed E-state index contributed by atoms with van der Waals surface area (Å²) in [6.07, 6.45) is 0.611. The number of carbonyl (C=O) groups is 1. The second kappa shape index (κ2) is 5.42. The normalized spacial score (nSPS) is 19.8. The summed E-state index contributed by atoms with van der Waals surface area (Å²) in [6, 6.07) is 4.56. The summed E-state index contributed by atoms with van der Waals surface area (Å²) in [5.74, 6) is 0. The average molecular weight is 329 g/mol. The zero-order valence-electron chi connectivity index (χ0n) is 10.9. The van der Waals surface area contributed by atoms with Gasteiger partial charge in [-0.2, -0.15) is 0 Å². The summed E-state index contributed by atoms with van der Waals surface area (Å²) in [5, 5.41) is 2.84. The van der Waals surface area contributed by atoms with Crippen LogP contribution >= 0.6 is 11.6 Å². The molecule has 1 atom stereocenters. The number of ether oxygens (including phenoxy) is 1. The fourth-order valence-corrected chi connectivity index (χ4v) is 4.09. The lowest BCUT2D eigenvalue weighted by atomic mass is 10.2. The molecule has 0 saturated carbocycles. The van der Waals surface area contributed by atoms with Crippen molar-refractivity contribution in [1.29, 1.82) is 0 Å². The minimum atomic E-state index is -3.58. The van der Waals surface area contributed by atoms with Gasteiger partial charge in [-0.3, -0.25) is 10.1 Å². The molecule has 0 bridgehead atoms. The van der Waals surface area contributed by atoms with E-state index in [9.17, 15) is 13.2 Å². The molecule has 0 spiro atoms. The van der Waals surface area contributed by atoms with Crippen molar-refractivity contribution in [2.24, 2.45) is 0 Å². The molecule has 0 amide bonds. The van der Waals surface area contributed by atoms with E-state index in [1.54, 1.807) is 6.07 Å². The van der Waals surface area contributed by atoms with Gasteiger partial charge in [0.1, 0.15) is 10.5 Å². The van der Waals surface area contributed by atoms with E-state index in [0.717, 1.165) is 0 Å². The van der Waals surface area contributed by atoms with E-state index in [2.05, 4.69) is 10.3 Å². The molecule has 2 heterocycles. The quantitative estimate of drug-likeness (QED) is 0.830. The van der Waals surface area contributed by atoms with Crippen molar-refractivity contribution in [1.82, 2.24) is 10.3 Å². The number of nitrogens with one attached hydrogen (secondary N) is 2. The maximum absolute atomic E-state index is 12.6. The Morgan fingerprint density at radius 3 is 2.86 bits per heavy atom. The van der Waals surface area contributed by atoms with E-state index < -0.39 is 15.2 Å². The molecule has 6 nitrogen and oxygen atoms in total. The van der Waals surface area contributed by atoms with E-state index in [0.29, 0.717) is 30.3 Å². The van der Waals surface area contributed by atoms with Crippen LogP contribution in [0.3, 0.4) is 0 Å². The maximum Gasteiger partial charge on any atom is 0.196 e. The summed E-state index contributed by atoms with van der Waals surface area (Å²) in [6.45, 7) is 1.09. The molecule has 0 aliphatic carbocycles. The van der Waals surface area contributed by atoms with Crippen LogP contribution in [0.5, 0.6) is 0 Å². The Bertz CT molecular complexity index is 794. The van der Waals surface area contributed by atoms with Gasteiger partial charge in [0, 0.05) is 17.4 Å². The van der Waals surface area contributed by atoms with Crippen LogP contribution in [-0.4, -0.2) is 44.8 Å². The van der Waals surface area contributed by atoms with Crippen molar-refractivity contribution in [3.8, 4) is 0 Å². The van der Waals surface area contributed by atoms with Crippen molar-refractivity contribution in [3.63, 3.8) is 0 Å². The predicted molar refractivity (Wildman–Crippen MR) is 78.5 cm³/mol. The Labute approximate surface area is 126 Å². The molecule has 3 rings (SSSR count). The largest absolute Gasteiger partial charge is 0.377 e. The van der Waals surface area contributed by atoms with Gasteiger partial charge in [-0.25, -0.2) is 8.42 Å². The smallest absolute Gasteiger partial charge is 0.196 e. The van der Waals surface area contributed by atoms with E-state index in [1.807, 2.05) is 0 Å². The minimum absolute atomic E-state index is 0.106. The van der Waals surface area contributed by atoms with E-state index in [-0.39, 0.29) is 22.2 Å². The summed E-state index contributed by atoms with van der Waals surface area (Å²) >= 11 is 5.91. The molecule has 1 aromatic heterocycles. The van der Waals surface area contributed by atoms with Gasteiger partial charge >= 0.3 is 0 Å². The Balaban J connectivity index is 2.09. The number of aromatic nitrogens is 1. The van der Waals surface area contributed by atoms with Gasteiger partial charge in [0.05, 0.1) is 23.7 Å². The van der Waals surface area contributed by atoms with Crippen LogP contribution in [0.4, 0.5) is 0 Å². The fourth-order valence-electron chi connectivity index (χ4n) is 2.36. The second-order valence-electron chi connectivity index (χ2n) is 4.74. The fraction of sp³-hybridized carbons (Fsp3) is 0.308. The number of hydrogen-bond acceptors (Lipinski definition) is 5. The minimum Gasteiger partial charge on any atom is -0.377 e. The molecular formula is C13H13ClN2O4S. The lowest BCUT2D eigenvalue weighted by molar-refractivity contribution is 0.0978. The van der Waals surface area contributed by atoms with Crippen LogP contribution in [0, 0.1) is 0 Å². The third kappa shape index (κ3) is 2.46. The van der Waals surface area contributed by atoms with Gasteiger partial charge in [-0.1, -0.05) is 11.6 Å². The lowest BCUT2D eigenvalue weighted by Crippen LogP contribution is -2.46. The highest BCUT2D eigenvalue weighted by atomic mass is 35.5. The summed E-state index contributed by atoms with van der Waals surface area (Å²) in [7, 11) is -3.58. The number of aldehydes is 1. The molecule has 1 unspecified atom stereocenters. The van der Waals surface area contributed by atoms with Crippen molar-refractivity contribution >= 4 is 38.6 Å². The molecular weight excluding hydrogens is 316 g/mol. The number of H-pyrrole nitrogens is 1. The van der Waals surface area contributed by atoms with Gasteiger partial charge in [-0.05, 0) is 18.2 Å². The summed E-state index contributed by atoms with van der Waals surface area (Å²) in [4.78, 5) is 14.0. The molecule has 0 radical (unpaired) electrons. The third-order valence-corrected chi connectivity index (χ3v) is 5.73. The first-order valence-electron chi connectivity index (χ1n) is 6.35. The van der Waals surface area contributed by atoms with Gasteiger partial charge in [0.2, 0.25) is 0 Å². The van der Waals surface area contributed by atoms with E-state index >= 15 is 0 Å². The van der Waals surface area contributed by atoms with Crippen LogP contribution in [0.1, 0.15) is 10.4 Å². The first kappa shape index (κ1) is 14.5. The summed E-state index contributed by atoms with van der Waals surface area (Å²) < 4.78 is 30.3. The topological polar surface area (TPSA) is 88.3 Å². The third-order valence-electron chi connectivity index (χ3n) is 3.47. The van der Waals surface area contributed by atoms with Crippen LogP contribution in [0.2, 0.25) is 5.15 Å². The second-order valence-corrected chi connectivity index (χ2v) is 7.25. The number of hydrogen-bond donors (Lipinski definition) is 2. The molecule has 8 heteroatoms. The Kier molecular flexibility index (Phi) is 3.75. The number of halogens is 1. The number of fused-ring (bicyclic) bond motifs is 1. The van der Waals surface area contributed by atoms with Crippen LogP contribution in [-0.2, 0) is 14.6 Å². The van der Waals surface area contributed by atoms with Crippen molar-refractivity contribution < 1.29 is 17.9 Å². The molecule has 1 aromatic carbocycles. The van der Waals surface area contributed by atoms with Gasteiger partial charge in [0.25, 0.3) is 0 Å². The van der Waals surface area contributed by atoms with Crippen LogP contribution < -0.4 is 5.32 Å². The molecule has 2 N–H and O–H groups in total. The van der Waals surface area contributed by atoms with Crippen molar-refractivity contribution in [2.45, 2.75) is 10.3 Å². The highest BCUT2D eigenvalue weighted by Crippen LogP contribution is 2.28. The molecule has 112 valence electrons. The Morgan fingerprint density at radius 1 is 1.38 bits per heavy atom.